The normalized spacial score (nSPS) is 25.7. The van der Waals surface area contributed by atoms with Gasteiger partial charge in [-0.05, 0) is 30.5 Å². The lowest BCUT2D eigenvalue weighted by molar-refractivity contribution is 0.0422. The summed E-state index contributed by atoms with van der Waals surface area (Å²) in [7, 11) is 0. The topological polar surface area (TPSA) is 35.2 Å². The first-order chi connectivity index (χ1) is 7.66. The van der Waals surface area contributed by atoms with Gasteiger partial charge in [0.25, 0.3) is 0 Å². The van der Waals surface area contributed by atoms with Crippen LogP contribution in [0, 0.1) is 5.92 Å². The molecule has 88 valence electrons. The minimum absolute atomic E-state index is 0.230. The Morgan fingerprint density at radius 3 is 3.00 bits per heavy atom. The zero-order chi connectivity index (χ0) is 11.5. The Morgan fingerprint density at radius 2 is 2.31 bits per heavy atom. The van der Waals surface area contributed by atoms with Gasteiger partial charge in [0.15, 0.2) is 0 Å². The molecule has 0 spiro atoms. The third-order valence-corrected chi connectivity index (χ3v) is 3.88. The lowest BCUT2D eigenvalue weighted by Crippen LogP contribution is -2.39. The Hall–Kier alpha value is -0.0900. The summed E-state index contributed by atoms with van der Waals surface area (Å²) in [6, 6.07) is 6.21. The molecule has 1 saturated heterocycles. The second kappa shape index (κ2) is 5.50. The van der Waals surface area contributed by atoms with Gasteiger partial charge < -0.3 is 10.5 Å². The van der Waals surface area contributed by atoms with Crippen molar-refractivity contribution in [2.75, 3.05) is 13.2 Å². The number of benzene rings is 1. The van der Waals surface area contributed by atoms with Gasteiger partial charge in [-0.1, -0.05) is 33.6 Å². The van der Waals surface area contributed by atoms with Crippen LogP contribution in [0.3, 0.4) is 0 Å². The average molecular weight is 305 g/mol. The Bertz CT molecular complexity index is 372. The number of hydrogen-bond acceptors (Lipinski definition) is 2. The number of rotatable bonds is 2. The highest BCUT2D eigenvalue weighted by Gasteiger charge is 2.23. The first kappa shape index (κ1) is 12.4. The van der Waals surface area contributed by atoms with Crippen LogP contribution >= 0.6 is 27.5 Å². The van der Waals surface area contributed by atoms with Gasteiger partial charge in [0.2, 0.25) is 0 Å². The van der Waals surface area contributed by atoms with E-state index in [1.807, 2.05) is 18.2 Å². The van der Waals surface area contributed by atoms with Gasteiger partial charge in [-0.15, -0.1) is 0 Å². The molecule has 2 N–H and O–H groups in total. The maximum absolute atomic E-state index is 6.18. The quantitative estimate of drug-likeness (QED) is 0.911. The Kier molecular flexibility index (Phi) is 4.25. The first-order valence-corrected chi connectivity index (χ1v) is 6.61. The summed E-state index contributed by atoms with van der Waals surface area (Å²) in [5.74, 6) is 0.382. The van der Waals surface area contributed by atoms with E-state index in [0.717, 1.165) is 41.1 Å². The van der Waals surface area contributed by atoms with Crippen LogP contribution in [-0.4, -0.2) is 19.3 Å². The second-order valence-corrected chi connectivity index (χ2v) is 5.55. The van der Waals surface area contributed by atoms with Crippen molar-refractivity contribution in [2.24, 2.45) is 11.7 Å². The van der Waals surface area contributed by atoms with Crippen LogP contribution in [0.5, 0.6) is 0 Å². The number of hydrogen-bond donors (Lipinski definition) is 1. The molecular weight excluding hydrogens is 289 g/mol. The van der Waals surface area contributed by atoms with Crippen molar-refractivity contribution in [3.05, 3.63) is 33.3 Å². The molecule has 0 bridgehead atoms. The summed E-state index contributed by atoms with van der Waals surface area (Å²) < 4.78 is 6.46. The van der Waals surface area contributed by atoms with Gasteiger partial charge in [0.1, 0.15) is 0 Å². The molecule has 1 aliphatic rings. The molecule has 1 heterocycles. The fourth-order valence-electron chi connectivity index (χ4n) is 1.99. The standard InChI is InChI=1S/C12H15BrClNO/c13-10-2-1-8(11(14)6-10)5-9-7-16-4-3-12(9)15/h1-2,6,9,12H,3-5,7,15H2. The highest BCUT2D eigenvalue weighted by Crippen LogP contribution is 2.26. The molecule has 1 fully saturated rings. The van der Waals surface area contributed by atoms with E-state index in [0.29, 0.717) is 5.92 Å². The van der Waals surface area contributed by atoms with E-state index in [4.69, 9.17) is 22.1 Å². The highest BCUT2D eigenvalue weighted by atomic mass is 79.9. The molecule has 1 aliphatic heterocycles. The molecule has 4 heteroatoms. The summed E-state index contributed by atoms with van der Waals surface area (Å²) in [5.41, 5.74) is 7.22. The van der Waals surface area contributed by atoms with E-state index >= 15 is 0 Å². The van der Waals surface area contributed by atoms with Crippen molar-refractivity contribution < 1.29 is 4.74 Å². The predicted molar refractivity (Wildman–Crippen MR) is 69.8 cm³/mol. The first-order valence-electron chi connectivity index (χ1n) is 5.44. The summed E-state index contributed by atoms with van der Waals surface area (Å²) in [6.07, 6.45) is 1.84. The van der Waals surface area contributed by atoms with Crippen LogP contribution in [-0.2, 0) is 11.2 Å². The van der Waals surface area contributed by atoms with E-state index in [2.05, 4.69) is 15.9 Å². The van der Waals surface area contributed by atoms with Gasteiger partial charge in [0.05, 0.1) is 6.61 Å². The van der Waals surface area contributed by atoms with Crippen LogP contribution < -0.4 is 5.73 Å². The highest BCUT2D eigenvalue weighted by molar-refractivity contribution is 9.10. The van der Waals surface area contributed by atoms with Gasteiger partial charge in [-0.3, -0.25) is 0 Å². The van der Waals surface area contributed by atoms with Crippen molar-refractivity contribution >= 4 is 27.5 Å². The molecule has 0 radical (unpaired) electrons. The largest absolute Gasteiger partial charge is 0.381 e. The van der Waals surface area contributed by atoms with E-state index in [1.165, 1.54) is 0 Å². The van der Waals surface area contributed by atoms with Crippen molar-refractivity contribution in [3.8, 4) is 0 Å². The molecule has 0 amide bonds. The molecule has 2 unspecified atom stereocenters. The van der Waals surface area contributed by atoms with Crippen molar-refractivity contribution in [1.29, 1.82) is 0 Å². The number of ether oxygens (including phenoxy) is 1. The van der Waals surface area contributed by atoms with Crippen LogP contribution in [0.2, 0.25) is 5.02 Å². The Balaban J connectivity index is 2.07. The van der Waals surface area contributed by atoms with Crippen LogP contribution in [0.15, 0.2) is 22.7 Å². The van der Waals surface area contributed by atoms with Crippen LogP contribution in [0.1, 0.15) is 12.0 Å². The van der Waals surface area contributed by atoms with Gasteiger partial charge in [-0.2, -0.15) is 0 Å². The molecule has 1 aromatic carbocycles. The molecule has 2 rings (SSSR count). The average Bonchev–Trinajstić information content (AvgIpc) is 2.25. The van der Waals surface area contributed by atoms with E-state index in [9.17, 15) is 0 Å². The second-order valence-electron chi connectivity index (χ2n) is 4.23. The van der Waals surface area contributed by atoms with Gasteiger partial charge >= 0.3 is 0 Å². The van der Waals surface area contributed by atoms with Crippen molar-refractivity contribution in [3.63, 3.8) is 0 Å². The smallest absolute Gasteiger partial charge is 0.0512 e. The van der Waals surface area contributed by atoms with Crippen LogP contribution in [0.25, 0.3) is 0 Å². The lowest BCUT2D eigenvalue weighted by Gasteiger charge is -2.28. The monoisotopic (exact) mass is 303 g/mol. The Morgan fingerprint density at radius 1 is 1.50 bits per heavy atom. The minimum atomic E-state index is 0.230. The van der Waals surface area contributed by atoms with Crippen molar-refractivity contribution in [1.82, 2.24) is 0 Å². The molecule has 16 heavy (non-hydrogen) atoms. The predicted octanol–water partition coefficient (Wildman–Crippen LogP) is 3.01. The molecule has 0 aromatic heterocycles. The van der Waals surface area contributed by atoms with E-state index < -0.39 is 0 Å². The fourth-order valence-corrected chi connectivity index (χ4v) is 2.74. The molecule has 0 aliphatic carbocycles. The van der Waals surface area contributed by atoms with Gasteiger partial charge in [-0.25, -0.2) is 0 Å². The molecular formula is C12H15BrClNO. The van der Waals surface area contributed by atoms with E-state index in [1.54, 1.807) is 0 Å². The van der Waals surface area contributed by atoms with Crippen LogP contribution in [0.4, 0.5) is 0 Å². The number of halogens is 2. The lowest BCUT2D eigenvalue weighted by atomic mass is 9.90. The van der Waals surface area contributed by atoms with E-state index in [-0.39, 0.29) is 6.04 Å². The minimum Gasteiger partial charge on any atom is -0.381 e. The summed E-state index contributed by atoms with van der Waals surface area (Å²) in [6.45, 7) is 1.53. The SMILES string of the molecule is NC1CCOCC1Cc1ccc(Br)cc1Cl. The molecule has 0 saturated carbocycles. The fraction of sp³-hybridized carbons (Fsp3) is 0.500. The molecule has 1 aromatic rings. The third kappa shape index (κ3) is 2.98. The van der Waals surface area contributed by atoms with Crippen molar-refractivity contribution in [2.45, 2.75) is 18.9 Å². The maximum Gasteiger partial charge on any atom is 0.0512 e. The molecule has 2 atom stereocenters. The zero-order valence-corrected chi connectivity index (χ0v) is 11.3. The number of nitrogens with two attached hydrogens (primary N) is 1. The maximum atomic E-state index is 6.18. The summed E-state index contributed by atoms with van der Waals surface area (Å²) in [4.78, 5) is 0. The summed E-state index contributed by atoms with van der Waals surface area (Å²) >= 11 is 9.58. The molecule has 2 nitrogen and oxygen atoms in total. The summed E-state index contributed by atoms with van der Waals surface area (Å²) in [5, 5.41) is 0.798. The zero-order valence-electron chi connectivity index (χ0n) is 8.96. The Labute approximate surface area is 109 Å². The third-order valence-electron chi connectivity index (χ3n) is 3.03. The van der Waals surface area contributed by atoms with Gasteiger partial charge in [0, 0.05) is 28.1 Å².